The van der Waals surface area contributed by atoms with Crippen molar-refractivity contribution in [3.63, 3.8) is 0 Å². The van der Waals surface area contributed by atoms with Crippen molar-refractivity contribution < 1.29 is 51.5 Å². The summed E-state index contributed by atoms with van der Waals surface area (Å²) in [6, 6.07) is 18.0. The molecule has 0 N–H and O–H groups in total. The number of benzene rings is 4. The normalized spacial score (nSPS) is 13.0. The molecule has 216 valence electrons. The van der Waals surface area contributed by atoms with E-state index in [2.05, 4.69) is 0 Å². The lowest BCUT2D eigenvalue weighted by molar-refractivity contribution is -0.288. The fourth-order valence-electron chi connectivity index (χ4n) is 4.03. The van der Waals surface area contributed by atoms with Crippen molar-refractivity contribution in [1.29, 1.82) is 0 Å². The summed E-state index contributed by atoms with van der Waals surface area (Å²) in [6.45, 7) is 0. The molecule has 0 aromatic heterocycles. The standard InChI is InChI=1S/C27H18F6O6S2/c28-26(29,30)25(27(31,32)33,19-11-15-21(16-12-19)38-40(34,35)23-7-3-1-4-8-23)20-13-17-22(18-14-20)39-41(36,37)24-9-5-2-6-10-24/h1-18H. The Morgan fingerprint density at radius 3 is 1.00 bits per heavy atom. The molecule has 0 heterocycles. The Hall–Kier alpha value is -4.04. The molecule has 0 amide bonds. The second-order valence-corrected chi connectivity index (χ2v) is 11.6. The lowest BCUT2D eigenvalue weighted by Crippen LogP contribution is -2.54. The molecule has 0 bridgehead atoms. The first-order valence-corrected chi connectivity index (χ1v) is 14.2. The minimum Gasteiger partial charge on any atom is -0.379 e. The molecule has 6 nitrogen and oxygen atoms in total. The first-order chi connectivity index (χ1) is 19.1. The van der Waals surface area contributed by atoms with Crippen molar-refractivity contribution in [2.24, 2.45) is 0 Å². The summed E-state index contributed by atoms with van der Waals surface area (Å²) in [5.74, 6) is -1.04. The van der Waals surface area contributed by atoms with Crippen LogP contribution in [-0.4, -0.2) is 29.2 Å². The highest BCUT2D eigenvalue weighted by atomic mass is 32.2. The van der Waals surface area contributed by atoms with Crippen molar-refractivity contribution in [2.45, 2.75) is 27.6 Å². The minimum absolute atomic E-state index is 0.277. The molecular weight excluding hydrogens is 598 g/mol. The van der Waals surface area contributed by atoms with Crippen LogP contribution in [0.5, 0.6) is 11.5 Å². The van der Waals surface area contributed by atoms with Gasteiger partial charge in [0.25, 0.3) is 0 Å². The summed E-state index contributed by atoms with van der Waals surface area (Å²) in [5, 5.41) is 0. The first kappa shape index (κ1) is 29.9. The van der Waals surface area contributed by atoms with Gasteiger partial charge < -0.3 is 8.37 Å². The summed E-state index contributed by atoms with van der Waals surface area (Å²) in [7, 11) is -8.84. The van der Waals surface area contributed by atoms with Gasteiger partial charge in [0.2, 0.25) is 5.41 Å². The van der Waals surface area contributed by atoms with Crippen molar-refractivity contribution in [1.82, 2.24) is 0 Å². The highest BCUT2D eigenvalue weighted by Gasteiger charge is 2.72. The van der Waals surface area contributed by atoms with Crippen LogP contribution < -0.4 is 8.37 Å². The molecular formula is C27H18F6O6S2. The van der Waals surface area contributed by atoms with E-state index in [4.69, 9.17) is 8.37 Å². The molecule has 0 unspecified atom stereocenters. The number of halogens is 6. The van der Waals surface area contributed by atoms with Gasteiger partial charge >= 0.3 is 32.6 Å². The number of hydrogen-bond acceptors (Lipinski definition) is 6. The van der Waals surface area contributed by atoms with E-state index in [9.17, 15) is 43.2 Å². The van der Waals surface area contributed by atoms with Gasteiger partial charge in [0.15, 0.2) is 0 Å². The molecule has 4 aromatic carbocycles. The van der Waals surface area contributed by atoms with E-state index in [1.807, 2.05) is 0 Å². The topological polar surface area (TPSA) is 86.7 Å². The van der Waals surface area contributed by atoms with Gasteiger partial charge in [-0.1, -0.05) is 60.7 Å². The molecule has 0 atom stereocenters. The van der Waals surface area contributed by atoms with E-state index < -0.39 is 60.6 Å². The Bertz CT molecular complexity index is 1570. The predicted molar refractivity (Wildman–Crippen MR) is 134 cm³/mol. The Labute approximate surface area is 231 Å². The van der Waals surface area contributed by atoms with Crippen molar-refractivity contribution in [2.75, 3.05) is 0 Å². The molecule has 0 aliphatic carbocycles. The summed E-state index contributed by atoms with van der Waals surface area (Å²) < 4.78 is 146. The molecule has 41 heavy (non-hydrogen) atoms. The Morgan fingerprint density at radius 1 is 0.439 bits per heavy atom. The molecule has 0 saturated carbocycles. The summed E-state index contributed by atoms with van der Waals surface area (Å²) in [5.41, 5.74) is -7.15. The Balaban J connectivity index is 1.73. The second-order valence-electron chi connectivity index (χ2n) is 8.50. The van der Waals surface area contributed by atoms with Crippen LogP contribution in [-0.2, 0) is 25.7 Å². The summed E-state index contributed by atoms with van der Waals surface area (Å²) >= 11 is 0. The highest BCUT2D eigenvalue weighted by Crippen LogP contribution is 2.56. The zero-order valence-corrected chi connectivity index (χ0v) is 22.1. The van der Waals surface area contributed by atoms with Crippen LogP contribution in [0.4, 0.5) is 26.3 Å². The number of rotatable bonds is 8. The van der Waals surface area contributed by atoms with Crippen LogP contribution in [0.15, 0.2) is 119 Å². The van der Waals surface area contributed by atoms with Gasteiger partial charge in [-0.3, -0.25) is 0 Å². The largest absolute Gasteiger partial charge is 0.411 e. The van der Waals surface area contributed by atoms with E-state index in [1.54, 1.807) is 0 Å². The van der Waals surface area contributed by atoms with Crippen molar-refractivity contribution in [3.8, 4) is 11.5 Å². The first-order valence-electron chi connectivity index (χ1n) is 11.4. The fraction of sp³-hybridized carbons (Fsp3) is 0.111. The molecule has 14 heteroatoms. The van der Waals surface area contributed by atoms with E-state index >= 15 is 0 Å². The van der Waals surface area contributed by atoms with Crippen LogP contribution in [0.2, 0.25) is 0 Å². The molecule has 4 rings (SSSR count). The Kier molecular flexibility index (Phi) is 7.84. The van der Waals surface area contributed by atoms with Gasteiger partial charge in [-0.2, -0.15) is 43.2 Å². The average Bonchev–Trinajstić information content (AvgIpc) is 2.90. The third kappa shape index (κ3) is 5.88. The highest BCUT2D eigenvalue weighted by molar-refractivity contribution is 7.87. The maximum atomic E-state index is 14.5. The van der Waals surface area contributed by atoms with Gasteiger partial charge in [-0.05, 0) is 59.7 Å². The SMILES string of the molecule is O=S(=O)(Oc1ccc(C(c2ccc(OS(=O)(=O)c3ccccc3)cc2)(C(F)(F)F)C(F)(F)F)cc1)c1ccccc1. The van der Waals surface area contributed by atoms with Gasteiger partial charge in [0, 0.05) is 0 Å². The molecule has 0 radical (unpaired) electrons. The molecule has 0 spiro atoms. The van der Waals surface area contributed by atoms with Crippen LogP contribution in [0, 0.1) is 0 Å². The van der Waals surface area contributed by atoms with Gasteiger partial charge in [0.1, 0.15) is 21.3 Å². The van der Waals surface area contributed by atoms with Crippen LogP contribution in [0.1, 0.15) is 11.1 Å². The zero-order valence-electron chi connectivity index (χ0n) is 20.4. The van der Waals surface area contributed by atoms with E-state index in [-0.39, 0.29) is 9.79 Å². The van der Waals surface area contributed by atoms with Gasteiger partial charge in [0.05, 0.1) is 0 Å². The second kappa shape index (κ2) is 10.7. The molecule has 0 aliphatic heterocycles. The fourth-order valence-corrected chi connectivity index (χ4v) is 5.93. The smallest absolute Gasteiger partial charge is 0.379 e. The number of alkyl halides is 6. The molecule has 0 fully saturated rings. The van der Waals surface area contributed by atoms with Crippen LogP contribution in [0.3, 0.4) is 0 Å². The Morgan fingerprint density at radius 2 is 0.732 bits per heavy atom. The van der Waals surface area contributed by atoms with Gasteiger partial charge in [-0.25, -0.2) is 0 Å². The third-order valence-corrected chi connectivity index (χ3v) is 8.42. The molecule has 4 aromatic rings. The quantitative estimate of drug-likeness (QED) is 0.163. The van der Waals surface area contributed by atoms with Crippen molar-refractivity contribution >= 4 is 20.2 Å². The molecule has 0 saturated heterocycles. The lowest BCUT2D eigenvalue weighted by atomic mass is 9.73. The van der Waals surface area contributed by atoms with Crippen LogP contribution >= 0.6 is 0 Å². The maximum Gasteiger partial charge on any atom is 0.411 e. The lowest BCUT2D eigenvalue weighted by Gasteiger charge is -2.38. The molecule has 0 aliphatic rings. The van der Waals surface area contributed by atoms with E-state index in [0.29, 0.717) is 48.5 Å². The average molecular weight is 617 g/mol. The summed E-state index contributed by atoms with van der Waals surface area (Å²) in [4.78, 5) is -0.554. The maximum absolute atomic E-state index is 14.5. The van der Waals surface area contributed by atoms with E-state index in [1.165, 1.54) is 60.7 Å². The summed E-state index contributed by atoms with van der Waals surface area (Å²) in [6.07, 6.45) is -11.9. The predicted octanol–water partition coefficient (Wildman–Crippen LogP) is 6.63. The number of hydrogen-bond donors (Lipinski definition) is 0. The van der Waals surface area contributed by atoms with E-state index in [0.717, 1.165) is 0 Å². The monoisotopic (exact) mass is 616 g/mol. The minimum atomic E-state index is -5.94. The van der Waals surface area contributed by atoms with Crippen LogP contribution in [0.25, 0.3) is 0 Å². The van der Waals surface area contributed by atoms with Gasteiger partial charge in [-0.15, -0.1) is 0 Å². The zero-order chi connectivity index (χ0) is 30.1. The third-order valence-electron chi connectivity index (χ3n) is 5.90. The van der Waals surface area contributed by atoms with Crippen molar-refractivity contribution in [3.05, 3.63) is 120 Å².